The summed E-state index contributed by atoms with van der Waals surface area (Å²) < 4.78 is 37.9. The number of rotatable bonds is 6. The van der Waals surface area contributed by atoms with E-state index in [-0.39, 0.29) is 10.7 Å². The molecule has 1 heterocycles. The van der Waals surface area contributed by atoms with E-state index >= 15 is 0 Å². The van der Waals surface area contributed by atoms with E-state index in [1.165, 1.54) is 31.4 Å². The van der Waals surface area contributed by atoms with Crippen LogP contribution in [0, 0.1) is 0 Å². The molecule has 0 unspecified atom stereocenters. The van der Waals surface area contributed by atoms with Crippen molar-refractivity contribution in [3.8, 4) is 0 Å². The van der Waals surface area contributed by atoms with Crippen molar-refractivity contribution in [2.75, 3.05) is 26.2 Å². The van der Waals surface area contributed by atoms with Gasteiger partial charge in [-0.1, -0.05) is 35.3 Å². The summed E-state index contributed by atoms with van der Waals surface area (Å²) in [5.74, 6) is 0. The highest BCUT2D eigenvalue weighted by molar-refractivity contribution is 6.69. The Balaban J connectivity index is 1.78. The quantitative estimate of drug-likeness (QED) is 0.429. The van der Waals surface area contributed by atoms with Crippen LogP contribution in [0.2, 0.25) is 0 Å². The summed E-state index contributed by atoms with van der Waals surface area (Å²) in [4.78, 5) is 7.49. The minimum Gasteiger partial charge on any atom is -0.395 e. The lowest BCUT2D eigenvalue weighted by Crippen LogP contribution is -2.31. The summed E-state index contributed by atoms with van der Waals surface area (Å²) in [5.41, 5.74) is -0.564. The zero-order chi connectivity index (χ0) is 16.7. The van der Waals surface area contributed by atoms with Crippen molar-refractivity contribution in [2.24, 2.45) is 5.16 Å². The lowest BCUT2D eigenvalue weighted by atomic mass is 10.1. The summed E-state index contributed by atoms with van der Waals surface area (Å²) >= 11 is 5.90. The number of likely N-dealkylation sites (tertiary alicyclic amines) is 1. The molecule has 0 amide bonds. The molecule has 1 aliphatic heterocycles. The van der Waals surface area contributed by atoms with Gasteiger partial charge in [0.25, 0.3) is 0 Å². The van der Waals surface area contributed by atoms with Crippen LogP contribution in [0.25, 0.3) is 0 Å². The van der Waals surface area contributed by atoms with Crippen LogP contribution in [0.4, 0.5) is 13.2 Å². The molecule has 3 nitrogen and oxygen atoms in total. The van der Waals surface area contributed by atoms with E-state index in [9.17, 15) is 13.2 Å². The molecule has 0 aliphatic carbocycles. The standard InChI is InChI=1S/C16H20ClF3N2O/c17-15(13-6-4-7-14(12-13)16(18,19)20)21-23-11-5-10-22-8-2-1-3-9-22/h4,6-7,12H,1-3,5,8-11H2. The van der Waals surface area contributed by atoms with Crippen LogP contribution in [0.1, 0.15) is 36.8 Å². The summed E-state index contributed by atoms with van der Waals surface area (Å²) in [6, 6.07) is 4.72. The van der Waals surface area contributed by atoms with Crippen LogP contribution in [0.15, 0.2) is 29.4 Å². The van der Waals surface area contributed by atoms with E-state index in [0.717, 1.165) is 38.2 Å². The number of piperidine rings is 1. The van der Waals surface area contributed by atoms with Crippen LogP contribution in [0.3, 0.4) is 0 Å². The molecule has 23 heavy (non-hydrogen) atoms. The van der Waals surface area contributed by atoms with Gasteiger partial charge in [-0.15, -0.1) is 0 Å². The molecular weight excluding hydrogens is 329 g/mol. The number of halogens is 4. The average molecular weight is 349 g/mol. The van der Waals surface area contributed by atoms with E-state index in [0.29, 0.717) is 6.61 Å². The van der Waals surface area contributed by atoms with Crippen molar-refractivity contribution in [2.45, 2.75) is 31.9 Å². The lowest BCUT2D eigenvalue weighted by Gasteiger charge is -2.25. The molecule has 1 saturated heterocycles. The molecule has 0 aromatic heterocycles. The van der Waals surface area contributed by atoms with Crippen molar-refractivity contribution >= 4 is 16.8 Å². The Kier molecular flexibility index (Phi) is 6.72. The Morgan fingerprint density at radius 1 is 1.22 bits per heavy atom. The minimum atomic E-state index is -4.40. The number of hydrogen-bond donors (Lipinski definition) is 0. The van der Waals surface area contributed by atoms with Gasteiger partial charge in [0.05, 0.1) is 5.56 Å². The predicted octanol–water partition coefficient (Wildman–Crippen LogP) is 4.50. The van der Waals surface area contributed by atoms with E-state index in [1.807, 2.05) is 0 Å². The number of hydrogen-bond acceptors (Lipinski definition) is 3. The van der Waals surface area contributed by atoms with E-state index in [1.54, 1.807) is 0 Å². The topological polar surface area (TPSA) is 24.8 Å². The van der Waals surface area contributed by atoms with Crippen LogP contribution >= 0.6 is 11.6 Å². The molecule has 1 aliphatic rings. The maximum atomic E-state index is 12.6. The molecular formula is C16H20ClF3N2O. The fourth-order valence-corrected chi connectivity index (χ4v) is 2.68. The van der Waals surface area contributed by atoms with Crippen molar-refractivity contribution < 1.29 is 18.0 Å². The Bertz CT molecular complexity index is 528. The van der Waals surface area contributed by atoms with Gasteiger partial charge in [0.2, 0.25) is 0 Å². The highest BCUT2D eigenvalue weighted by Crippen LogP contribution is 2.29. The van der Waals surface area contributed by atoms with Gasteiger partial charge in [-0.25, -0.2) is 0 Å². The third-order valence-electron chi connectivity index (χ3n) is 3.73. The number of alkyl halides is 3. The Labute approximate surface area is 139 Å². The Morgan fingerprint density at radius 2 is 1.96 bits per heavy atom. The fourth-order valence-electron chi connectivity index (χ4n) is 2.51. The Hall–Kier alpha value is -1.27. The first-order valence-electron chi connectivity index (χ1n) is 7.72. The normalized spacial score (nSPS) is 17.3. The van der Waals surface area contributed by atoms with Crippen LogP contribution in [-0.4, -0.2) is 36.3 Å². The molecule has 1 aromatic carbocycles. The minimum absolute atomic E-state index is 0.0749. The molecule has 0 bridgehead atoms. The van der Waals surface area contributed by atoms with E-state index in [4.69, 9.17) is 16.4 Å². The first kappa shape index (κ1) is 18.1. The average Bonchev–Trinajstić information content (AvgIpc) is 2.54. The van der Waals surface area contributed by atoms with Crippen LogP contribution in [0.5, 0.6) is 0 Å². The number of benzene rings is 1. The summed E-state index contributed by atoms with van der Waals surface area (Å²) in [6.45, 7) is 3.57. The predicted molar refractivity (Wildman–Crippen MR) is 84.7 cm³/mol. The highest BCUT2D eigenvalue weighted by atomic mass is 35.5. The van der Waals surface area contributed by atoms with Crippen molar-refractivity contribution in [3.05, 3.63) is 35.4 Å². The second-order valence-corrected chi connectivity index (χ2v) is 5.91. The molecule has 0 radical (unpaired) electrons. The Morgan fingerprint density at radius 3 is 2.65 bits per heavy atom. The first-order chi connectivity index (χ1) is 11.0. The highest BCUT2D eigenvalue weighted by Gasteiger charge is 2.30. The summed E-state index contributed by atoms with van der Waals surface area (Å²) in [7, 11) is 0. The zero-order valence-electron chi connectivity index (χ0n) is 12.8. The third-order valence-corrected chi connectivity index (χ3v) is 4.02. The molecule has 0 N–H and O–H groups in total. The molecule has 2 rings (SSSR count). The third kappa shape index (κ3) is 6.03. The van der Waals surface area contributed by atoms with Crippen LogP contribution in [-0.2, 0) is 11.0 Å². The summed E-state index contributed by atoms with van der Waals surface area (Å²) in [5, 5.41) is 3.62. The molecule has 1 aromatic rings. The maximum absolute atomic E-state index is 12.6. The van der Waals surface area contributed by atoms with Crippen molar-refractivity contribution in [1.29, 1.82) is 0 Å². The van der Waals surface area contributed by atoms with E-state index in [2.05, 4.69) is 10.1 Å². The fraction of sp³-hybridized carbons (Fsp3) is 0.562. The van der Waals surface area contributed by atoms with Crippen molar-refractivity contribution in [3.63, 3.8) is 0 Å². The van der Waals surface area contributed by atoms with Gasteiger partial charge in [-0.05, 0) is 44.5 Å². The second kappa shape index (κ2) is 8.55. The maximum Gasteiger partial charge on any atom is 0.416 e. The van der Waals surface area contributed by atoms with Gasteiger partial charge in [-0.2, -0.15) is 13.2 Å². The van der Waals surface area contributed by atoms with Gasteiger partial charge < -0.3 is 9.74 Å². The first-order valence-corrected chi connectivity index (χ1v) is 8.10. The largest absolute Gasteiger partial charge is 0.416 e. The molecule has 0 spiro atoms. The van der Waals surface area contributed by atoms with Crippen LogP contribution < -0.4 is 0 Å². The number of nitrogens with zero attached hydrogens (tertiary/aromatic N) is 2. The molecule has 0 saturated carbocycles. The van der Waals surface area contributed by atoms with Gasteiger partial charge in [0.15, 0.2) is 5.17 Å². The lowest BCUT2D eigenvalue weighted by molar-refractivity contribution is -0.137. The van der Waals surface area contributed by atoms with Crippen molar-refractivity contribution in [1.82, 2.24) is 4.90 Å². The van der Waals surface area contributed by atoms with Gasteiger partial charge in [0.1, 0.15) is 6.61 Å². The second-order valence-electron chi connectivity index (χ2n) is 5.55. The van der Waals surface area contributed by atoms with E-state index < -0.39 is 11.7 Å². The van der Waals surface area contributed by atoms with Gasteiger partial charge in [0, 0.05) is 12.1 Å². The summed E-state index contributed by atoms with van der Waals surface area (Å²) in [6.07, 6.45) is 0.184. The monoisotopic (exact) mass is 348 g/mol. The molecule has 0 atom stereocenters. The molecule has 7 heteroatoms. The smallest absolute Gasteiger partial charge is 0.395 e. The SMILES string of the molecule is FC(F)(F)c1cccc(C(Cl)=NOCCCN2CCCCC2)c1. The molecule has 1 fully saturated rings. The number of oxime groups is 1. The molecule has 128 valence electrons. The zero-order valence-corrected chi connectivity index (χ0v) is 13.5. The van der Waals surface area contributed by atoms with Gasteiger partial charge in [-0.3, -0.25) is 0 Å². The van der Waals surface area contributed by atoms with Gasteiger partial charge >= 0.3 is 6.18 Å².